The number of nitrogens with one attached hydrogen (secondary N) is 2. The Bertz CT molecular complexity index is 1100. The molecule has 2 N–H and O–H groups in total. The van der Waals surface area contributed by atoms with Crippen LogP contribution in [0.3, 0.4) is 0 Å². The van der Waals surface area contributed by atoms with E-state index in [1.807, 2.05) is 31.4 Å². The molecule has 0 atom stereocenters. The second-order valence-electron chi connectivity index (χ2n) is 5.89. The highest BCUT2D eigenvalue weighted by Crippen LogP contribution is 2.24. The highest BCUT2D eigenvalue weighted by atomic mass is 16.6. The van der Waals surface area contributed by atoms with E-state index in [2.05, 4.69) is 25.6 Å². The molecule has 3 aromatic heterocycles. The van der Waals surface area contributed by atoms with Gasteiger partial charge in [-0.2, -0.15) is 10.2 Å². The SMILES string of the molecule is Cn1ccc(Nc2cc3[nH]ncc3c(Cc3cccc([N+](=O)[O-])c3)n2)n1. The number of non-ortho nitro benzene ring substituents is 1. The zero-order valence-electron chi connectivity index (χ0n) is 13.9. The van der Waals surface area contributed by atoms with Crippen LogP contribution in [0, 0.1) is 10.1 Å². The maximum Gasteiger partial charge on any atom is 0.269 e. The third-order valence-electron chi connectivity index (χ3n) is 3.98. The standard InChI is InChI=1S/C17H15N7O2/c1-23-6-5-16(22-23)20-17-9-15-13(10-18-21-15)14(19-17)8-11-3-2-4-12(7-11)24(25)26/h2-7,9-10H,8H2,1H3,(H,18,21)(H,19,20,22). The van der Waals surface area contributed by atoms with Crippen LogP contribution in [0.2, 0.25) is 0 Å². The lowest BCUT2D eigenvalue weighted by molar-refractivity contribution is -0.384. The molecule has 1 aromatic carbocycles. The van der Waals surface area contributed by atoms with Crippen LogP contribution in [-0.2, 0) is 13.5 Å². The Balaban J connectivity index is 1.70. The number of anilines is 2. The fourth-order valence-corrected chi connectivity index (χ4v) is 2.80. The normalized spacial score (nSPS) is 11.0. The van der Waals surface area contributed by atoms with Crippen molar-refractivity contribution < 1.29 is 4.92 Å². The zero-order valence-corrected chi connectivity index (χ0v) is 13.9. The number of pyridine rings is 1. The molecule has 9 nitrogen and oxygen atoms in total. The maximum atomic E-state index is 11.0. The van der Waals surface area contributed by atoms with Gasteiger partial charge >= 0.3 is 0 Å². The van der Waals surface area contributed by atoms with Crippen LogP contribution in [-0.4, -0.2) is 29.9 Å². The number of nitrogens with zero attached hydrogens (tertiary/aromatic N) is 5. The summed E-state index contributed by atoms with van der Waals surface area (Å²) < 4.78 is 1.70. The molecule has 0 aliphatic heterocycles. The van der Waals surface area contributed by atoms with Crippen molar-refractivity contribution >= 4 is 28.2 Å². The minimum Gasteiger partial charge on any atom is -0.323 e. The lowest BCUT2D eigenvalue weighted by Crippen LogP contribution is -2.00. The summed E-state index contributed by atoms with van der Waals surface area (Å²) in [5, 5.41) is 26.3. The predicted molar refractivity (Wildman–Crippen MR) is 96.3 cm³/mol. The van der Waals surface area contributed by atoms with Crippen molar-refractivity contribution in [2.75, 3.05) is 5.32 Å². The molecular weight excluding hydrogens is 334 g/mol. The summed E-state index contributed by atoms with van der Waals surface area (Å²) >= 11 is 0. The van der Waals surface area contributed by atoms with E-state index in [1.165, 1.54) is 6.07 Å². The van der Waals surface area contributed by atoms with Crippen LogP contribution < -0.4 is 5.32 Å². The van der Waals surface area contributed by atoms with Crippen molar-refractivity contribution in [1.29, 1.82) is 0 Å². The third kappa shape index (κ3) is 3.09. The molecule has 26 heavy (non-hydrogen) atoms. The molecule has 0 amide bonds. The summed E-state index contributed by atoms with van der Waals surface area (Å²) in [6.45, 7) is 0. The Labute approximate surface area is 147 Å². The lowest BCUT2D eigenvalue weighted by Gasteiger charge is -2.08. The van der Waals surface area contributed by atoms with Gasteiger partial charge in [0.1, 0.15) is 5.82 Å². The molecule has 0 saturated carbocycles. The second kappa shape index (κ2) is 6.28. The first-order valence-corrected chi connectivity index (χ1v) is 7.91. The monoisotopic (exact) mass is 349 g/mol. The Morgan fingerprint density at radius 3 is 2.92 bits per heavy atom. The number of nitro groups is 1. The third-order valence-corrected chi connectivity index (χ3v) is 3.98. The van der Waals surface area contributed by atoms with Crippen LogP contribution in [0.4, 0.5) is 17.3 Å². The van der Waals surface area contributed by atoms with Crippen molar-refractivity contribution in [3.05, 3.63) is 70.2 Å². The summed E-state index contributed by atoms with van der Waals surface area (Å²) in [5.74, 6) is 1.31. The summed E-state index contributed by atoms with van der Waals surface area (Å²) in [7, 11) is 1.84. The molecule has 0 fully saturated rings. The van der Waals surface area contributed by atoms with Gasteiger partial charge in [0.05, 0.1) is 22.3 Å². The first kappa shape index (κ1) is 15.8. The molecular formula is C17H15N7O2. The van der Waals surface area contributed by atoms with E-state index < -0.39 is 4.92 Å². The highest BCUT2D eigenvalue weighted by molar-refractivity contribution is 5.83. The Kier molecular flexibility index (Phi) is 3.81. The van der Waals surface area contributed by atoms with Gasteiger partial charge in [-0.05, 0) is 5.56 Å². The van der Waals surface area contributed by atoms with Crippen LogP contribution in [0.1, 0.15) is 11.3 Å². The second-order valence-corrected chi connectivity index (χ2v) is 5.89. The Morgan fingerprint density at radius 2 is 2.15 bits per heavy atom. The molecule has 0 aliphatic rings. The molecule has 0 aliphatic carbocycles. The predicted octanol–water partition coefficient (Wildman–Crippen LogP) is 2.93. The number of benzene rings is 1. The van der Waals surface area contributed by atoms with Crippen LogP contribution >= 0.6 is 0 Å². The van der Waals surface area contributed by atoms with Crippen molar-refractivity contribution in [3.63, 3.8) is 0 Å². The molecule has 4 aromatic rings. The number of hydrogen-bond acceptors (Lipinski definition) is 6. The minimum absolute atomic E-state index is 0.0636. The maximum absolute atomic E-state index is 11.0. The number of aromatic nitrogens is 5. The Morgan fingerprint density at radius 1 is 1.27 bits per heavy atom. The van der Waals surface area contributed by atoms with E-state index in [9.17, 15) is 10.1 Å². The fourth-order valence-electron chi connectivity index (χ4n) is 2.80. The van der Waals surface area contributed by atoms with Crippen LogP contribution in [0.25, 0.3) is 10.9 Å². The van der Waals surface area contributed by atoms with Gasteiger partial charge in [0, 0.05) is 49.3 Å². The first-order valence-electron chi connectivity index (χ1n) is 7.91. The summed E-state index contributed by atoms with van der Waals surface area (Å²) in [4.78, 5) is 15.2. The fraction of sp³-hybridized carbons (Fsp3) is 0.118. The van der Waals surface area contributed by atoms with Crippen LogP contribution in [0.15, 0.2) is 48.8 Å². The van der Waals surface area contributed by atoms with Crippen molar-refractivity contribution in [3.8, 4) is 0 Å². The smallest absolute Gasteiger partial charge is 0.269 e. The highest BCUT2D eigenvalue weighted by Gasteiger charge is 2.12. The molecule has 3 heterocycles. The van der Waals surface area contributed by atoms with E-state index in [1.54, 1.807) is 23.0 Å². The van der Waals surface area contributed by atoms with Crippen molar-refractivity contribution in [1.82, 2.24) is 25.0 Å². The molecule has 0 bridgehead atoms. The number of hydrogen-bond donors (Lipinski definition) is 2. The minimum atomic E-state index is -0.399. The number of H-pyrrole nitrogens is 1. The van der Waals surface area contributed by atoms with Gasteiger partial charge in [0.2, 0.25) is 0 Å². The van der Waals surface area contributed by atoms with E-state index in [-0.39, 0.29) is 5.69 Å². The Hall–Kier alpha value is -3.75. The van der Waals surface area contributed by atoms with Gasteiger partial charge in [0.25, 0.3) is 5.69 Å². The molecule has 0 radical (unpaired) electrons. The topological polar surface area (TPSA) is 115 Å². The lowest BCUT2D eigenvalue weighted by atomic mass is 10.1. The van der Waals surface area contributed by atoms with E-state index >= 15 is 0 Å². The molecule has 0 saturated heterocycles. The molecule has 0 spiro atoms. The van der Waals surface area contributed by atoms with Gasteiger partial charge in [0.15, 0.2) is 5.82 Å². The van der Waals surface area contributed by atoms with Crippen LogP contribution in [0.5, 0.6) is 0 Å². The van der Waals surface area contributed by atoms with Crippen molar-refractivity contribution in [2.24, 2.45) is 7.05 Å². The summed E-state index contributed by atoms with van der Waals surface area (Å²) in [5.41, 5.74) is 2.48. The first-order chi connectivity index (χ1) is 12.6. The summed E-state index contributed by atoms with van der Waals surface area (Å²) in [6, 6.07) is 10.3. The number of rotatable bonds is 5. The average Bonchev–Trinajstić information content (AvgIpc) is 3.24. The zero-order chi connectivity index (χ0) is 18.1. The molecule has 130 valence electrons. The van der Waals surface area contributed by atoms with E-state index in [0.29, 0.717) is 18.1 Å². The average molecular weight is 349 g/mol. The number of fused-ring (bicyclic) bond motifs is 1. The summed E-state index contributed by atoms with van der Waals surface area (Å²) in [6.07, 6.45) is 4.00. The van der Waals surface area contributed by atoms with E-state index in [4.69, 9.17) is 0 Å². The van der Waals surface area contributed by atoms with Gasteiger partial charge in [-0.25, -0.2) is 4.98 Å². The number of nitro benzene ring substituents is 1. The number of aryl methyl sites for hydroxylation is 1. The molecule has 0 unspecified atom stereocenters. The van der Waals surface area contributed by atoms with Gasteiger partial charge in [-0.3, -0.25) is 19.9 Å². The van der Waals surface area contributed by atoms with Gasteiger partial charge in [-0.1, -0.05) is 12.1 Å². The van der Waals surface area contributed by atoms with Gasteiger partial charge in [-0.15, -0.1) is 0 Å². The number of aromatic amines is 1. The van der Waals surface area contributed by atoms with E-state index in [0.717, 1.165) is 22.2 Å². The van der Waals surface area contributed by atoms with Gasteiger partial charge < -0.3 is 5.32 Å². The molecule has 4 rings (SSSR count). The van der Waals surface area contributed by atoms with Crippen molar-refractivity contribution in [2.45, 2.75) is 6.42 Å². The molecule has 9 heteroatoms. The quantitative estimate of drug-likeness (QED) is 0.423. The largest absolute Gasteiger partial charge is 0.323 e.